The molecule has 0 saturated carbocycles. The molecule has 0 saturated heterocycles. The molecular weight excluding hydrogens is 491 g/mol. The van der Waals surface area contributed by atoms with Crippen LogP contribution in [0.4, 0.5) is 0 Å². The van der Waals surface area contributed by atoms with Crippen LogP contribution in [0, 0.1) is 0 Å². The fourth-order valence-corrected chi connectivity index (χ4v) is 4.03. The third-order valence-electron chi connectivity index (χ3n) is 4.37. The van der Waals surface area contributed by atoms with Crippen molar-refractivity contribution in [2.75, 3.05) is 19.6 Å². The van der Waals surface area contributed by atoms with Gasteiger partial charge in [-0.2, -0.15) is 0 Å². The van der Waals surface area contributed by atoms with Crippen LogP contribution in [0.25, 0.3) is 0 Å². The molecule has 7 heteroatoms. The molecule has 0 aromatic rings. The minimum atomic E-state index is 0. The summed E-state index contributed by atoms with van der Waals surface area (Å²) in [7, 11) is 0. The molecule has 0 aliphatic rings. The molecule has 0 aromatic heterocycles. The number of thiol groups is 2. The fourth-order valence-electron chi connectivity index (χ4n) is 2.75. The SMILES string of the molecule is CCCCC(C)(CCCC)N(CC)C(=S)S.CCN(CC)C(=S)S.[Sn+2]. The summed E-state index contributed by atoms with van der Waals surface area (Å²) in [5.41, 5.74) is 0.208. The van der Waals surface area contributed by atoms with Crippen LogP contribution in [0.3, 0.4) is 0 Å². The molecule has 0 atom stereocenters. The van der Waals surface area contributed by atoms with E-state index in [-0.39, 0.29) is 29.4 Å². The van der Waals surface area contributed by atoms with Crippen molar-refractivity contribution in [2.24, 2.45) is 0 Å². The quantitative estimate of drug-likeness (QED) is 0.209. The first-order chi connectivity index (χ1) is 11.2. The van der Waals surface area contributed by atoms with E-state index < -0.39 is 0 Å². The molecule has 0 unspecified atom stereocenters. The normalized spacial score (nSPS) is 10.2. The van der Waals surface area contributed by atoms with Crippen LogP contribution >= 0.6 is 49.7 Å². The first-order valence-corrected chi connectivity index (χ1v) is 10.9. The van der Waals surface area contributed by atoms with Gasteiger partial charge in [0.15, 0.2) is 0 Å². The summed E-state index contributed by atoms with van der Waals surface area (Å²) in [4.78, 5) is 4.30. The number of hydrogen-bond acceptors (Lipinski definition) is 2. The average Bonchev–Trinajstić information content (AvgIpc) is 2.53. The molecule has 146 valence electrons. The monoisotopic (exact) mass is 530 g/mol. The van der Waals surface area contributed by atoms with Crippen molar-refractivity contribution in [3.8, 4) is 0 Å². The Balaban J connectivity index is -0.000000457. The van der Waals surface area contributed by atoms with Gasteiger partial charge in [-0.15, -0.1) is 25.3 Å². The maximum absolute atomic E-state index is 5.26. The van der Waals surface area contributed by atoms with E-state index in [0.717, 1.165) is 24.0 Å². The zero-order valence-electron chi connectivity index (χ0n) is 17.0. The van der Waals surface area contributed by atoms with E-state index in [1.165, 1.54) is 38.5 Å². The molecule has 0 N–H and O–H groups in total. The van der Waals surface area contributed by atoms with Gasteiger partial charge < -0.3 is 9.80 Å². The van der Waals surface area contributed by atoms with Crippen LogP contribution in [0.15, 0.2) is 0 Å². The van der Waals surface area contributed by atoms with Gasteiger partial charge in [0.25, 0.3) is 0 Å². The van der Waals surface area contributed by atoms with Gasteiger partial charge in [-0.25, -0.2) is 0 Å². The molecular formula is C18H38N2S4Sn+2. The van der Waals surface area contributed by atoms with E-state index in [4.69, 9.17) is 24.4 Å². The Morgan fingerprint density at radius 2 is 1.20 bits per heavy atom. The summed E-state index contributed by atoms with van der Waals surface area (Å²) in [6, 6.07) is 0. The first-order valence-electron chi connectivity index (χ1n) is 9.22. The van der Waals surface area contributed by atoms with Crippen LogP contribution in [-0.4, -0.2) is 67.5 Å². The van der Waals surface area contributed by atoms with Crippen LogP contribution in [0.5, 0.6) is 0 Å². The van der Waals surface area contributed by atoms with Gasteiger partial charge in [0.2, 0.25) is 0 Å². The van der Waals surface area contributed by atoms with E-state index in [1.54, 1.807) is 0 Å². The van der Waals surface area contributed by atoms with Crippen molar-refractivity contribution >= 4 is 82.2 Å². The van der Waals surface area contributed by atoms with E-state index in [1.807, 2.05) is 4.90 Å². The van der Waals surface area contributed by atoms with Crippen LogP contribution in [0.1, 0.15) is 80.1 Å². The number of nitrogens with zero attached hydrogens (tertiary/aromatic N) is 2. The standard InChI is InChI=1S/C13H27NS2.C5H11NS2.Sn/c1-5-8-10-13(4,11-9-6-2)14(7-3)12(15)16;1-3-6(4-2)5(7)8;/h5-11H2,1-4H3,(H,15,16);3-4H2,1-2H3,(H,7,8);/q;;+2. The molecule has 0 aliphatic carbocycles. The molecule has 0 spiro atoms. The second-order valence-electron chi connectivity index (χ2n) is 6.19. The van der Waals surface area contributed by atoms with E-state index in [0.29, 0.717) is 4.32 Å². The third kappa shape index (κ3) is 14.0. The van der Waals surface area contributed by atoms with E-state index in [9.17, 15) is 0 Å². The summed E-state index contributed by atoms with van der Waals surface area (Å²) >= 11 is 18.4. The van der Waals surface area contributed by atoms with Crippen molar-refractivity contribution in [3.05, 3.63) is 0 Å². The predicted octanol–water partition coefficient (Wildman–Crippen LogP) is 5.82. The van der Waals surface area contributed by atoms with Gasteiger partial charge in [0, 0.05) is 25.2 Å². The Labute approximate surface area is 196 Å². The Kier molecular flexibility index (Phi) is 23.1. The minimum Gasteiger partial charge on any atom is -0.358 e. The van der Waals surface area contributed by atoms with Crippen LogP contribution < -0.4 is 0 Å². The molecule has 0 rings (SSSR count). The predicted molar refractivity (Wildman–Crippen MR) is 132 cm³/mol. The molecule has 25 heavy (non-hydrogen) atoms. The minimum absolute atomic E-state index is 0. The molecule has 2 nitrogen and oxygen atoms in total. The van der Waals surface area contributed by atoms with Gasteiger partial charge >= 0.3 is 23.9 Å². The third-order valence-corrected chi connectivity index (χ3v) is 5.37. The summed E-state index contributed by atoms with van der Waals surface area (Å²) < 4.78 is 1.44. The van der Waals surface area contributed by atoms with E-state index in [2.05, 4.69) is 71.7 Å². The number of hydrogen-bond donors (Lipinski definition) is 2. The number of rotatable bonds is 10. The molecule has 0 heterocycles. The molecule has 0 aliphatic heterocycles. The summed E-state index contributed by atoms with van der Waals surface area (Å²) in [5.74, 6) is 0. The number of thiocarbonyl (C=S) groups is 2. The van der Waals surface area contributed by atoms with Gasteiger partial charge in [0.05, 0.1) is 0 Å². The zero-order chi connectivity index (χ0) is 19.2. The van der Waals surface area contributed by atoms with Crippen LogP contribution in [-0.2, 0) is 0 Å². The van der Waals surface area contributed by atoms with Gasteiger partial charge in [0.1, 0.15) is 8.64 Å². The average molecular weight is 529 g/mol. The van der Waals surface area contributed by atoms with Crippen molar-refractivity contribution < 1.29 is 0 Å². The van der Waals surface area contributed by atoms with Crippen molar-refractivity contribution in [2.45, 2.75) is 85.6 Å². The molecule has 0 fully saturated rings. The van der Waals surface area contributed by atoms with Crippen molar-refractivity contribution in [1.29, 1.82) is 0 Å². The molecule has 0 amide bonds. The van der Waals surface area contributed by atoms with Crippen LogP contribution in [0.2, 0.25) is 0 Å². The Morgan fingerprint density at radius 3 is 1.36 bits per heavy atom. The second-order valence-corrected chi connectivity index (χ2v) is 8.41. The Hall–Kier alpha value is 1.28. The smallest absolute Gasteiger partial charge is 0.358 e. The zero-order valence-corrected chi connectivity index (χ0v) is 23.2. The number of unbranched alkanes of at least 4 members (excludes halogenated alkanes) is 2. The second kappa shape index (κ2) is 18.6. The maximum atomic E-state index is 5.26. The van der Waals surface area contributed by atoms with Crippen molar-refractivity contribution in [3.63, 3.8) is 0 Å². The van der Waals surface area contributed by atoms with Crippen molar-refractivity contribution in [1.82, 2.24) is 9.80 Å². The Morgan fingerprint density at radius 1 is 0.800 bits per heavy atom. The maximum Gasteiger partial charge on any atom is 2.00 e. The van der Waals surface area contributed by atoms with Gasteiger partial charge in [-0.05, 0) is 40.5 Å². The van der Waals surface area contributed by atoms with Gasteiger partial charge in [-0.1, -0.05) is 64.0 Å². The summed E-state index contributed by atoms with van der Waals surface area (Å²) in [6.07, 6.45) is 7.48. The Bertz CT molecular complexity index is 342. The topological polar surface area (TPSA) is 6.48 Å². The molecule has 0 aromatic carbocycles. The fraction of sp³-hybridized carbons (Fsp3) is 0.889. The van der Waals surface area contributed by atoms with E-state index >= 15 is 0 Å². The molecule has 0 bridgehead atoms. The van der Waals surface area contributed by atoms with Gasteiger partial charge in [-0.3, -0.25) is 0 Å². The largest absolute Gasteiger partial charge is 2.00 e. The summed E-state index contributed by atoms with van der Waals surface area (Å²) in [6.45, 7) is 16.0. The molecule has 2 radical (unpaired) electrons. The first kappa shape index (κ1) is 31.0. The summed E-state index contributed by atoms with van der Waals surface area (Å²) in [5, 5.41) is 0.